The maximum atomic E-state index is 13.5. The number of carbonyl (C=O) groups excluding carboxylic acids is 1. The molecular weight excluding hydrogens is 398 g/mol. The van der Waals surface area contributed by atoms with Gasteiger partial charge in [0.1, 0.15) is 11.5 Å². The van der Waals surface area contributed by atoms with Crippen molar-refractivity contribution in [2.24, 2.45) is 9.98 Å². The molecule has 3 heterocycles. The van der Waals surface area contributed by atoms with Gasteiger partial charge in [-0.15, -0.1) is 11.6 Å². The zero-order chi connectivity index (χ0) is 20.4. The second kappa shape index (κ2) is 6.28. The Kier molecular flexibility index (Phi) is 3.65. The Labute approximate surface area is 177 Å². The summed E-state index contributed by atoms with van der Waals surface area (Å²) < 4.78 is 0. The van der Waals surface area contributed by atoms with Crippen LogP contribution in [0.1, 0.15) is 11.5 Å². The second-order valence-corrected chi connectivity index (χ2v) is 7.97. The molecule has 0 aromatic heterocycles. The largest absolute Gasteiger partial charge is 0.507 e. The molecule has 3 aliphatic heterocycles. The molecule has 1 unspecified atom stereocenters. The van der Waals surface area contributed by atoms with Crippen LogP contribution in [0.5, 0.6) is 5.75 Å². The van der Waals surface area contributed by atoms with Crippen LogP contribution < -0.4 is 15.3 Å². The number of amides is 1. The number of benzene rings is 3. The molecule has 0 radical (unpaired) electrons. The predicted octanol–water partition coefficient (Wildman–Crippen LogP) is 3.28. The first-order valence-electron chi connectivity index (χ1n) is 9.76. The minimum atomic E-state index is -0.192. The highest BCUT2D eigenvalue weighted by atomic mass is 35.5. The Morgan fingerprint density at radius 3 is 2.77 bits per heavy atom. The van der Waals surface area contributed by atoms with Crippen LogP contribution in [0.15, 0.2) is 52.4 Å². The van der Waals surface area contributed by atoms with E-state index in [4.69, 9.17) is 11.6 Å². The first-order valence-corrected chi connectivity index (χ1v) is 10.3. The topological polar surface area (TPSA) is 65.3 Å². The van der Waals surface area contributed by atoms with Gasteiger partial charge in [-0.2, -0.15) is 0 Å². The highest BCUT2D eigenvalue weighted by Crippen LogP contribution is 2.45. The van der Waals surface area contributed by atoms with Crippen LogP contribution in [0.25, 0.3) is 22.9 Å². The molecule has 1 atom stereocenters. The molecule has 5 nitrogen and oxygen atoms in total. The number of nitrogens with zero attached hydrogens (tertiary/aromatic N) is 3. The average Bonchev–Trinajstić information content (AvgIpc) is 3.48. The van der Waals surface area contributed by atoms with Crippen molar-refractivity contribution in [1.82, 2.24) is 0 Å². The summed E-state index contributed by atoms with van der Waals surface area (Å²) in [6, 6.07) is 13.1. The van der Waals surface area contributed by atoms with Gasteiger partial charge in [-0.3, -0.25) is 9.79 Å². The molecule has 3 aliphatic rings. The van der Waals surface area contributed by atoms with Crippen molar-refractivity contribution in [2.75, 3.05) is 17.3 Å². The van der Waals surface area contributed by atoms with Gasteiger partial charge in [0.15, 0.2) is 0 Å². The van der Waals surface area contributed by atoms with Crippen LogP contribution in [0.2, 0.25) is 0 Å². The molecule has 0 spiro atoms. The van der Waals surface area contributed by atoms with Crippen molar-refractivity contribution < 1.29 is 9.90 Å². The average molecular weight is 414 g/mol. The van der Waals surface area contributed by atoms with Gasteiger partial charge in [0, 0.05) is 46.4 Å². The Balaban J connectivity index is 1.47. The first kappa shape index (κ1) is 17.4. The van der Waals surface area contributed by atoms with E-state index in [9.17, 15) is 9.90 Å². The Morgan fingerprint density at radius 1 is 1.13 bits per heavy atom. The van der Waals surface area contributed by atoms with E-state index >= 15 is 0 Å². The minimum Gasteiger partial charge on any atom is -0.507 e. The van der Waals surface area contributed by atoms with Crippen molar-refractivity contribution in [2.45, 2.75) is 5.92 Å². The quantitative estimate of drug-likeness (QED) is 0.655. The maximum Gasteiger partial charge on any atom is 0.276 e. The highest BCUT2D eigenvalue weighted by molar-refractivity contribution is 6.55. The number of halogens is 1. The maximum absolute atomic E-state index is 13.5. The van der Waals surface area contributed by atoms with Crippen molar-refractivity contribution in [1.29, 1.82) is 0 Å². The Morgan fingerprint density at radius 2 is 1.93 bits per heavy atom. The lowest BCUT2D eigenvalue weighted by Gasteiger charge is -2.17. The Hall–Kier alpha value is -3.44. The van der Waals surface area contributed by atoms with Gasteiger partial charge >= 0.3 is 0 Å². The lowest BCUT2D eigenvalue weighted by molar-refractivity contribution is -0.112. The van der Waals surface area contributed by atoms with Gasteiger partial charge in [-0.1, -0.05) is 24.3 Å². The molecule has 1 amide bonds. The Bertz CT molecular complexity index is 1460. The number of aromatic hydroxyl groups is 1. The monoisotopic (exact) mass is 413 g/mol. The molecule has 0 fully saturated rings. The summed E-state index contributed by atoms with van der Waals surface area (Å²) in [5.41, 5.74) is 3.75. The molecule has 0 bridgehead atoms. The highest BCUT2D eigenvalue weighted by Gasteiger charge is 2.36. The SMILES string of the molecule is O=C(C1=Nc2ccc3c(c2=C1)=CC=N3)N1CC(CCl)c2c1cc(O)c1ccccc21. The number of hydrogen-bond acceptors (Lipinski definition) is 4. The number of aliphatic imine (C=N–C) groups is 2. The van der Waals surface area contributed by atoms with Crippen LogP contribution in [-0.4, -0.2) is 35.4 Å². The smallest absolute Gasteiger partial charge is 0.276 e. The van der Waals surface area contributed by atoms with E-state index in [1.165, 1.54) is 0 Å². The summed E-state index contributed by atoms with van der Waals surface area (Å²) in [6.07, 6.45) is 5.52. The van der Waals surface area contributed by atoms with Crippen LogP contribution in [0, 0.1) is 0 Å². The molecule has 3 aromatic rings. The zero-order valence-electron chi connectivity index (χ0n) is 15.8. The summed E-state index contributed by atoms with van der Waals surface area (Å²) in [7, 11) is 0. The standard InChI is InChI=1S/C24H16ClN3O2/c25-11-13-12-28(21-10-22(29)15-3-1-2-4-16(15)23(13)21)24(30)20-9-17-14-7-8-26-18(14)5-6-19(17)27-20/h1-10,13,29H,11-12H2. The van der Waals surface area contributed by atoms with E-state index in [2.05, 4.69) is 9.98 Å². The molecule has 3 aromatic carbocycles. The summed E-state index contributed by atoms with van der Waals surface area (Å²) in [5.74, 6) is 0.346. The third kappa shape index (κ3) is 2.33. The number of rotatable bonds is 2. The number of phenolic OH excluding ortho intramolecular Hbond substituents is 1. The van der Waals surface area contributed by atoms with E-state index < -0.39 is 0 Å². The number of anilines is 1. The number of phenols is 1. The summed E-state index contributed by atoms with van der Waals surface area (Å²) in [4.78, 5) is 24.1. The summed E-state index contributed by atoms with van der Waals surface area (Å²) in [6.45, 7) is 0.460. The summed E-state index contributed by atoms with van der Waals surface area (Å²) in [5, 5.41) is 14.2. The van der Waals surface area contributed by atoms with E-state index in [1.807, 2.05) is 48.6 Å². The molecular formula is C24H16ClN3O2. The number of hydrogen-bond donors (Lipinski definition) is 1. The van der Waals surface area contributed by atoms with Gasteiger partial charge in [-0.25, -0.2) is 4.99 Å². The van der Waals surface area contributed by atoms with Gasteiger partial charge in [0.25, 0.3) is 5.91 Å². The molecule has 0 aliphatic carbocycles. The van der Waals surface area contributed by atoms with Crippen molar-refractivity contribution in [3.63, 3.8) is 0 Å². The van der Waals surface area contributed by atoms with Crippen LogP contribution in [0.3, 0.4) is 0 Å². The normalized spacial score (nSPS) is 18.0. The fourth-order valence-electron chi connectivity index (χ4n) is 4.63. The van der Waals surface area contributed by atoms with Crippen molar-refractivity contribution >= 4 is 69.4 Å². The molecule has 30 heavy (non-hydrogen) atoms. The van der Waals surface area contributed by atoms with E-state index in [0.29, 0.717) is 23.8 Å². The lowest BCUT2D eigenvalue weighted by Crippen LogP contribution is -2.35. The molecule has 1 N–H and O–H groups in total. The fraction of sp³-hybridized carbons (Fsp3) is 0.125. The van der Waals surface area contributed by atoms with Gasteiger partial charge in [-0.05, 0) is 35.2 Å². The molecule has 0 saturated heterocycles. The van der Waals surface area contributed by atoms with Crippen molar-refractivity contribution in [3.05, 3.63) is 58.5 Å². The van der Waals surface area contributed by atoms with Crippen LogP contribution in [-0.2, 0) is 4.79 Å². The lowest BCUT2D eigenvalue weighted by atomic mass is 9.95. The molecule has 146 valence electrons. The first-order chi connectivity index (χ1) is 14.7. The predicted molar refractivity (Wildman–Crippen MR) is 121 cm³/mol. The molecule has 6 heteroatoms. The number of alkyl halides is 1. The molecule has 0 saturated carbocycles. The molecule has 6 rings (SSSR count). The zero-order valence-corrected chi connectivity index (χ0v) is 16.6. The third-order valence-corrected chi connectivity index (χ3v) is 6.39. The summed E-state index contributed by atoms with van der Waals surface area (Å²) >= 11 is 6.29. The van der Waals surface area contributed by atoms with Gasteiger partial charge < -0.3 is 10.0 Å². The third-order valence-electron chi connectivity index (χ3n) is 6.01. The van der Waals surface area contributed by atoms with E-state index in [0.717, 1.165) is 38.1 Å². The van der Waals surface area contributed by atoms with E-state index in [-0.39, 0.29) is 17.6 Å². The number of fused-ring (bicyclic) bond motifs is 6. The van der Waals surface area contributed by atoms with Gasteiger partial charge in [0.05, 0.1) is 17.1 Å². The van der Waals surface area contributed by atoms with Crippen LogP contribution >= 0.6 is 11.6 Å². The van der Waals surface area contributed by atoms with Crippen LogP contribution in [0.4, 0.5) is 17.1 Å². The fourth-order valence-corrected chi connectivity index (χ4v) is 4.89. The minimum absolute atomic E-state index is 0.00789. The van der Waals surface area contributed by atoms with Crippen molar-refractivity contribution in [3.8, 4) is 5.75 Å². The second-order valence-electron chi connectivity index (χ2n) is 7.66. The van der Waals surface area contributed by atoms with Gasteiger partial charge in [0.2, 0.25) is 0 Å². The number of carbonyl (C=O) groups is 1. The van der Waals surface area contributed by atoms with E-state index in [1.54, 1.807) is 17.2 Å².